The summed E-state index contributed by atoms with van der Waals surface area (Å²) in [6, 6.07) is 4.69. The second-order valence-electron chi connectivity index (χ2n) is 6.02. The van der Waals surface area contributed by atoms with Gasteiger partial charge in [-0.15, -0.1) is 0 Å². The van der Waals surface area contributed by atoms with E-state index in [1.54, 1.807) is 0 Å². The first-order valence-corrected chi connectivity index (χ1v) is 9.12. The van der Waals surface area contributed by atoms with Crippen LogP contribution < -0.4 is 14.8 Å². The van der Waals surface area contributed by atoms with Crippen molar-refractivity contribution in [2.75, 3.05) is 33.0 Å². The molecule has 3 rings (SSSR count). The van der Waals surface area contributed by atoms with Crippen molar-refractivity contribution in [2.24, 2.45) is 0 Å². The lowest BCUT2D eigenvalue weighted by atomic mass is 9.97. The molecule has 0 bridgehead atoms. The summed E-state index contributed by atoms with van der Waals surface area (Å²) in [6.07, 6.45) is 5.03. The molecule has 1 aromatic carbocycles. The lowest BCUT2D eigenvalue weighted by Gasteiger charge is -2.36. The van der Waals surface area contributed by atoms with Crippen molar-refractivity contribution < 1.29 is 9.47 Å². The highest BCUT2D eigenvalue weighted by Crippen LogP contribution is 2.41. The normalized spacial score (nSPS) is 19.4. The molecule has 0 spiro atoms. The number of unbranched alkanes of at least 4 members (excludes halogenated alkanes) is 2. The van der Waals surface area contributed by atoms with Gasteiger partial charge in [-0.25, -0.2) is 0 Å². The van der Waals surface area contributed by atoms with Gasteiger partial charge in [0.05, 0.1) is 0 Å². The molecule has 0 amide bonds. The number of nitrogens with zero attached hydrogens (tertiary/aromatic N) is 1. The predicted octanol–water partition coefficient (Wildman–Crippen LogP) is 3.70. The van der Waals surface area contributed by atoms with Crippen LogP contribution in [0, 0.1) is 0 Å². The van der Waals surface area contributed by atoms with Crippen LogP contribution in [0.4, 0.5) is 0 Å². The Balaban J connectivity index is 1.83. The van der Waals surface area contributed by atoms with Crippen LogP contribution >= 0.6 is 15.9 Å². The van der Waals surface area contributed by atoms with Crippen LogP contribution in [0.3, 0.4) is 0 Å². The van der Waals surface area contributed by atoms with Crippen molar-refractivity contribution in [3.8, 4) is 11.5 Å². The Labute approximate surface area is 141 Å². The van der Waals surface area contributed by atoms with E-state index in [1.165, 1.54) is 31.2 Å². The first-order valence-electron chi connectivity index (χ1n) is 8.33. The molecule has 2 aliphatic rings. The first-order chi connectivity index (χ1) is 10.8. The Morgan fingerprint density at radius 3 is 2.64 bits per heavy atom. The third-order valence-corrected chi connectivity index (χ3v) is 5.21. The zero-order valence-corrected chi connectivity index (χ0v) is 14.8. The van der Waals surface area contributed by atoms with Crippen LogP contribution in [0.1, 0.15) is 44.2 Å². The SMILES string of the molecule is CCCCC[C@H](c1cc2c(cc1Br)OCO2)N1CCNCC1. The van der Waals surface area contributed by atoms with Crippen molar-refractivity contribution in [1.82, 2.24) is 10.2 Å². The molecule has 1 N–H and O–H groups in total. The molecule has 0 aliphatic carbocycles. The van der Waals surface area contributed by atoms with E-state index < -0.39 is 0 Å². The van der Waals surface area contributed by atoms with E-state index in [-0.39, 0.29) is 0 Å². The molecule has 4 nitrogen and oxygen atoms in total. The Hall–Kier alpha value is -0.780. The average Bonchev–Trinajstić information content (AvgIpc) is 2.99. The van der Waals surface area contributed by atoms with Gasteiger partial charge in [0.15, 0.2) is 11.5 Å². The van der Waals surface area contributed by atoms with E-state index in [0.29, 0.717) is 12.8 Å². The van der Waals surface area contributed by atoms with E-state index >= 15 is 0 Å². The lowest BCUT2D eigenvalue weighted by Crippen LogP contribution is -2.45. The molecule has 0 saturated carbocycles. The van der Waals surface area contributed by atoms with Gasteiger partial charge in [0.1, 0.15) is 0 Å². The molecule has 22 heavy (non-hydrogen) atoms. The standard InChI is InChI=1S/C17H25BrN2O2/c1-2-3-4-5-15(20-8-6-19-7-9-20)13-10-16-17(11-14(13)18)22-12-21-16/h10-11,15,19H,2-9,12H2,1H3/t15-/m1/s1. The largest absolute Gasteiger partial charge is 0.454 e. The average molecular weight is 369 g/mol. The number of rotatable bonds is 6. The minimum atomic E-state index is 0.333. The number of piperazine rings is 1. The summed E-state index contributed by atoms with van der Waals surface area (Å²) in [4.78, 5) is 2.61. The molecule has 0 aromatic heterocycles. The quantitative estimate of drug-likeness (QED) is 0.776. The van der Waals surface area contributed by atoms with Crippen molar-refractivity contribution >= 4 is 15.9 Å². The van der Waals surface area contributed by atoms with E-state index in [0.717, 1.165) is 42.2 Å². The summed E-state index contributed by atoms with van der Waals surface area (Å²) in [7, 11) is 0. The summed E-state index contributed by atoms with van der Waals surface area (Å²) in [5.74, 6) is 1.73. The monoisotopic (exact) mass is 368 g/mol. The fourth-order valence-electron chi connectivity index (χ4n) is 3.30. The fraction of sp³-hybridized carbons (Fsp3) is 0.647. The summed E-state index contributed by atoms with van der Waals surface area (Å²) in [6.45, 7) is 6.96. The summed E-state index contributed by atoms with van der Waals surface area (Å²) in [5, 5.41) is 3.45. The Morgan fingerprint density at radius 1 is 1.18 bits per heavy atom. The number of halogens is 1. The molecule has 2 heterocycles. The zero-order chi connectivity index (χ0) is 15.4. The van der Waals surface area contributed by atoms with E-state index in [1.807, 2.05) is 0 Å². The van der Waals surface area contributed by atoms with Gasteiger partial charge in [-0.3, -0.25) is 4.90 Å². The summed E-state index contributed by atoms with van der Waals surface area (Å²) in [5.41, 5.74) is 1.34. The molecule has 0 radical (unpaired) electrons. The highest BCUT2D eigenvalue weighted by Gasteiger charge is 2.26. The Bertz CT molecular complexity index is 504. The zero-order valence-electron chi connectivity index (χ0n) is 13.2. The van der Waals surface area contributed by atoms with Crippen molar-refractivity contribution in [3.63, 3.8) is 0 Å². The maximum Gasteiger partial charge on any atom is 0.231 e. The second kappa shape index (κ2) is 7.66. The smallest absolute Gasteiger partial charge is 0.231 e. The molecule has 1 aromatic rings. The van der Waals surface area contributed by atoms with Crippen LogP contribution in [0.2, 0.25) is 0 Å². The van der Waals surface area contributed by atoms with Gasteiger partial charge in [0, 0.05) is 36.7 Å². The molecule has 2 aliphatic heterocycles. The van der Waals surface area contributed by atoms with Gasteiger partial charge in [0.2, 0.25) is 6.79 Å². The van der Waals surface area contributed by atoms with E-state index in [9.17, 15) is 0 Å². The number of ether oxygens (including phenoxy) is 2. The fourth-order valence-corrected chi connectivity index (χ4v) is 3.89. The maximum atomic E-state index is 5.58. The predicted molar refractivity (Wildman–Crippen MR) is 91.6 cm³/mol. The number of fused-ring (bicyclic) bond motifs is 1. The van der Waals surface area contributed by atoms with Gasteiger partial charge in [-0.1, -0.05) is 42.1 Å². The third kappa shape index (κ3) is 3.58. The topological polar surface area (TPSA) is 33.7 Å². The van der Waals surface area contributed by atoms with Crippen LogP contribution in [-0.4, -0.2) is 37.9 Å². The molecule has 0 unspecified atom stereocenters. The van der Waals surface area contributed by atoms with E-state index in [2.05, 4.69) is 45.2 Å². The van der Waals surface area contributed by atoms with E-state index in [4.69, 9.17) is 9.47 Å². The molecule has 1 fully saturated rings. The maximum absolute atomic E-state index is 5.58. The first kappa shape index (κ1) is 16.1. The Kier molecular flexibility index (Phi) is 5.61. The van der Waals surface area contributed by atoms with Gasteiger partial charge in [-0.05, 0) is 24.1 Å². The highest BCUT2D eigenvalue weighted by atomic mass is 79.9. The van der Waals surface area contributed by atoms with Crippen LogP contribution in [-0.2, 0) is 0 Å². The van der Waals surface area contributed by atoms with Crippen molar-refractivity contribution in [2.45, 2.75) is 38.6 Å². The highest BCUT2D eigenvalue weighted by molar-refractivity contribution is 9.10. The molecule has 122 valence electrons. The number of nitrogens with one attached hydrogen (secondary N) is 1. The third-order valence-electron chi connectivity index (χ3n) is 4.52. The summed E-state index contributed by atoms with van der Waals surface area (Å²) < 4.78 is 12.2. The van der Waals surface area contributed by atoms with Gasteiger partial charge < -0.3 is 14.8 Å². The van der Waals surface area contributed by atoms with Gasteiger partial charge >= 0.3 is 0 Å². The van der Waals surface area contributed by atoms with Crippen molar-refractivity contribution in [1.29, 1.82) is 0 Å². The molecular formula is C17H25BrN2O2. The van der Waals surface area contributed by atoms with Gasteiger partial charge in [-0.2, -0.15) is 0 Å². The number of hydrogen-bond donors (Lipinski definition) is 1. The van der Waals surface area contributed by atoms with Gasteiger partial charge in [0.25, 0.3) is 0 Å². The second-order valence-corrected chi connectivity index (χ2v) is 6.88. The van der Waals surface area contributed by atoms with Crippen LogP contribution in [0.15, 0.2) is 16.6 Å². The summed E-state index contributed by atoms with van der Waals surface area (Å²) >= 11 is 3.75. The molecule has 1 atom stereocenters. The van der Waals surface area contributed by atoms with Crippen LogP contribution in [0.5, 0.6) is 11.5 Å². The molecular weight excluding hydrogens is 344 g/mol. The lowest BCUT2D eigenvalue weighted by molar-refractivity contribution is 0.161. The molecule has 5 heteroatoms. The van der Waals surface area contributed by atoms with Crippen LogP contribution in [0.25, 0.3) is 0 Å². The van der Waals surface area contributed by atoms with Crippen molar-refractivity contribution in [3.05, 3.63) is 22.2 Å². The number of hydrogen-bond acceptors (Lipinski definition) is 4. The minimum Gasteiger partial charge on any atom is -0.454 e. The minimum absolute atomic E-state index is 0.333. The number of benzene rings is 1. The Morgan fingerprint density at radius 2 is 1.91 bits per heavy atom. The molecule has 1 saturated heterocycles.